The lowest BCUT2D eigenvalue weighted by atomic mass is 10.2. The quantitative estimate of drug-likeness (QED) is 0.352. The van der Waals surface area contributed by atoms with Gasteiger partial charge in [0.15, 0.2) is 0 Å². The fraction of sp³-hybridized carbons (Fsp3) is 0.300. The number of thioether (sulfide) groups is 1. The second kappa shape index (κ2) is 7.89. The number of thiophene rings is 1. The zero-order valence-electron chi connectivity index (χ0n) is 13.8. The third kappa shape index (κ3) is 3.91. The van der Waals surface area contributed by atoms with Gasteiger partial charge in [-0.2, -0.15) is 0 Å². The van der Waals surface area contributed by atoms with Crippen molar-refractivity contribution >= 4 is 23.1 Å². The first kappa shape index (κ1) is 16.4. The van der Waals surface area contributed by atoms with E-state index in [1.807, 2.05) is 23.1 Å². The molecule has 3 aromatic rings. The van der Waals surface area contributed by atoms with Gasteiger partial charge in [-0.25, -0.2) is 0 Å². The number of aromatic nitrogens is 1. The van der Waals surface area contributed by atoms with Gasteiger partial charge in [-0.1, -0.05) is 49.7 Å². The summed E-state index contributed by atoms with van der Waals surface area (Å²) in [6, 6.07) is 15.1. The Labute approximate surface area is 147 Å². The van der Waals surface area contributed by atoms with Crippen LogP contribution in [-0.4, -0.2) is 10.3 Å². The van der Waals surface area contributed by atoms with E-state index in [-0.39, 0.29) is 0 Å². The summed E-state index contributed by atoms with van der Waals surface area (Å²) < 4.78 is 2.40. The summed E-state index contributed by atoms with van der Waals surface area (Å²) in [6.45, 7) is 5.45. The molecule has 0 unspecified atom stereocenters. The fourth-order valence-electron chi connectivity index (χ4n) is 2.73. The van der Waals surface area contributed by atoms with Crippen LogP contribution in [0.4, 0.5) is 0 Å². The Kier molecular flexibility index (Phi) is 5.63. The van der Waals surface area contributed by atoms with Gasteiger partial charge in [0.05, 0.1) is 0 Å². The second-order valence-corrected chi connectivity index (χ2v) is 7.83. The average Bonchev–Trinajstić information content (AvgIpc) is 3.18. The van der Waals surface area contributed by atoms with E-state index in [4.69, 9.17) is 0 Å². The molecule has 0 N–H and O–H groups in total. The van der Waals surface area contributed by atoms with Crippen LogP contribution < -0.4 is 0 Å². The molecule has 0 aliphatic heterocycles. The number of rotatable bonds is 7. The Morgan fingerprint density at radius 2 is 1.91 bits per heavy atom. The summed E-state index contributed by atoms with van der Waals surface area (Å²) >= 11 is 3.84. The minimum atomic E-state index is 0.944. The molecule has 0 aliphatic rings. The highest BCUT2D eigenvalue weighted by atomic mass is 32.2. The van der Waals surface area contributed by atoms with Crippen molar-refractivity contribution in [1.29, 1.82) is 0 Å². The Balaban J connectivity index is 1.93. The summed E-state index contributed by atoms with van der Waals surface area (Å²) in [4.78, 5) is 2.81. The molecule has 0 saturated heterocycles. The third-order valence-corrected chi connectivity index (χ3v) is 6.03. The maximum absolute atomic E-state index is 2.40. The van der Waals surface area contributed by atoms with Gasteiger partial charge in [0, 0.05) is 33.8 Å². The number of hydrogen-bond acceptors (Lipinski definition) is 2. The van der Waals surface area contributed by atoms with Crippen molar-refractivity contribution in [2.24, 2.45) is 0 Å². The van der Waals surface area contributed by atoms with Gasteiger partial charge >= 0.3 is 0 Å². The van der Waals surface area contributed by atoms with E-state index in [0.29, 0.717) is 0 Å². The van der Waals surface area contributed by atoms with Gasteiger partial charge in [0.25, 0.3) is 0 Å². The van der Waals surface area contributed by atoms with Gasteiger partial charge in [0.1, 0.15) is 0 Å². The molecular weight excluding hydrogens is 318 g/mol. The van der Waals surface area contributed by atoms with E-state index in [1.54, 1.807) is 0 Å². The van der Waals surface area contributed by atoms with E-state index in [1.165, 1.54) is 45.2 Å². The predicted molar refractivity (Wildman–Crippen MR) is 104 cm³/mol. The van der Waals surface area contributed by atoms with Gasteiger partial charge in [0.2, 0.25) is 0 Å². The molecule has 3 rings (SSSR count). The monoisotopic (exact) mass is 341 g/mol. The summed E-state index contributed by atoms with van der Waals surface area (Å²) in [5.74, 6) is 1.20. The molecule has 0 bridgehead atoms. The maximum atomic E-state index is 2.40. The van der Waals surface area contributed by atoms with Crippen LogP contribution in [0.2, 0.25) is 0 Å². The highest BCUT2D eigenvalue weighted by molar-refractivity contribution is 7.99. The lowest BCUT2D eigenvalue weighted by molar-refractivity contribution is 0.773. The molecule has 0 amide bonds. The molecule has 0 spiro atoms. The van der Waals surface area contributed by atoms with Crippen molar-refractivity contribution in [1.82, 2.24) is 4.57 Å². The first-order valence-corrected chi connectivity index (χ1v) is 10.1. The van der Waals surface area contributed by atoms with Crippen LogP contribution in [0.3, 0.4) is 0 Å². The molecule has 0 aliphatic carbocycles. The zero-order chi connectivity index (χ0) is 16.1. The van der Waals surface area contributed by atoms with Gasteiger partial charge in [-0.05, 0) is 36.1 Å². The molecule has 0 saturated carbocycles. The Bertz CT molecular complexity index is 727. The maximum Gasteiger partial charge on any atom is 0.0473 e. The smallest absolute Gasteiger partial charge is 0.0473 e. The van der Waals surface area contributed by atoms with Crippen LogP contribution in [0.15, 0.2) is 58.9 Å². The molecule has 120 valence electrons. The van der Waals surface area contributed by atoms with Crippen LogP contribution in [0.1, 0.15) is 31.0 Å². The normalized spacial score (nSPS) is 11.0. The van der Waals surface area contributed by atoms with Gasteiger partial charge in [-0.15, -0.1) is 23.1 Å². The largest absolute Gasteiger partial charge is 0.346 e. The van der Waals surface area contributed by atoms with Crippen molar-refractivity contribution in [3.05, 3.63) is 65.3 Å². The van der Waals surface area contributed by atoms with Crippen molar-refractivity contribution in [2.75, 3.05) is 5.75 Å². The van der Waals surface area contributed by atoms with Crippen LogP contribution >= 0.6 is 23.1 Å². The third-order valence-electron chi connectivity index (χ3n) is 4.03. The molecule has 2 heterocycles. The van der Waals surface area contributed by atoms with Crippen molar-refractivity contribution in [3.63, 3.8) is 0 Å². The molecular formula is C20H23NS2. The average molecular weight is 342 g/mol. The van der Waals surface area contributed by atoms with E-state index in [2.05, 4.69) is 72.5 Å². The van der Waals surface area contributed by atoms with Crippen LogP contribution in [-0.2, 0) is 6.54 Å². The van der Waals surface area contributed by atoms with Crippen molar-refractivity contribution < 1.29 is 0 Å². The highest BCUT2D eigenvalue weighted by Gasteiger charge is 2.15. The summed E-state index contributed by atoms with van der Waals surface area (Å²) in [6.07, 6.45) is 4.88. The number of benzene rings is 1. The molecule has 23 heavy (non-hydrogen) atoms. The van der Waals surface area contributed by atoms with Crippen molar-refractivity contribution in [2.45, 2.75) is 38.1 Å². The zero-order valence-corrected chi connectivity index (χ0v) is 15.4. The second-order valence-electron chi connectivity index (χ2n) is 5.75. The molecule has 0 radical (unpaired) electrons. The van der Waals surface area contributed by atoms with E-state index in [9.17, 15) is 0 Å². The molecule has 2 aromatic heterocycles. The van der Waals surface area contributed by atoms with Crippen molar-refractivity contribution in [3.8, 4) is 10.4 Å². The van der Waals surface area contributed by atoms with Crippen LogP contribution in [0.5, 0.6) is 0 Å². The highest BCUT2D eigenvalue weighted by Crippen LogP contribution is 2.38. The van der Waals surface area contributed by atoms with Gasteiger partial charge in [-0.3, -0.25) is 0 Å². The molecule has 0 atom stereocenters. The number of hydrogen-bond donors (Lipinski definition) is 0. The standard InChI is InChI=1S/C20H23NS2/c1-3-4-12-23-19-15-21(14-17-9-6-5-7-10-17)16(2)20(19)18-11-8-13-22-18/h5-11,13,15H,3-4,12,14H2,1-2H3. The molecule has 0 fully saturated rings. The van der Waals surface area contributed by atoms with Gasteiger partial charge < -0.3 is 4.57 Å². The lowest BCUT2D eigenvalue weighted by Gasteiger charge is -2.07. The van der Waals surface area contributed by atoms with Crippen LogP contribution in [0.25, 0.3) is 10.4 Å². The minimum absolute atomic E-state index is 0.944. The lowest BCUT2D eigenvalue weighted by Crippen LogP contribution is -2.00. The Morgan fingerprint density at radius 1 is 1.09 bits per heavy atom. The van der Waals surface area contributed by atoms with E-state index < -0.39 is 0 Å². The predicted octanol–water partition coefficient (Wildman–Crippen LogP) is 6.47. The summed E-state index contributed by atoms with van der Waals surface area (Å²) in [5.41, 5.74) is 4.15. The Morgan fingerprint density at radius 3 is 2.61 bits per heavy atom. The summed E-state index contributed by atoms with van der Waals surface area (Å²) in [5, 5.41) is 2.17. The Hall–Kier alpha value is -1.45. The molecule has 1 nitrogen and oxygen atoms in total. The fourth-order valence-corrected chi connectivity index (χ4v) is 4.88. The minimum Gasteiger partial charge on any atom is -0.346 e. The number of unbranched alkanes of at least 4 members (excludes halogenated alkanes) is 1. The summed E-state index contributed by atoms with van der Waals surface area (Å²) in [7, 11) is 0. The molecule has 3 heteroatoms. The molecule has 1 aromatic carbocycles. The van der Waals surface area contributed by atoms with Crippen LogP contribution in [0, 0.1) is 6.92 Å². The van der Waals surface area contributed by atoms with E-state index >= 15 is 0 Å². The first-order valence-electron chi connectivity index (χ1n) is 8.20. The number of nitrogens with zero attached hydrogens (tertiary/aromatic N) is 1. The van der Waals surface area contributed by atoms with E-state index in [0.717, 1.165) is 6.54 Å². The SMILES string of the molecule is CCCCSc1cn(Cc2ccccc2)c(C)c1-c1cccs1. The first-order chi connectivity index (χ1) is 11.3. The topological polar surface area (TPSA) is 4.93 Å².